The molecular formula is C8H9NO4S. The van der Waals surface area contributed by atoms with Gasteiger partial charge in [0.2, 0.25) is 0 Å². The summed E-state index contributed by atoms with van der Waals surface area (Å²) in [6.07, 6.45) is 1.43. The number of hydrogen-bond acceptors (Lipinski definition) is 4. The van der Waals surface area contributed by atoms with E-state index in [9.17, 15) is 9.59 Å². The van der Waals surface area contributed by atoms with E-state index in [0.717, 1.165) is 24.2 Å². The minimum absolute atomic E-state index is 0.0712. The van der Waals surface area contributed by atoms with Crippen molar-refractivity contribution in [1.29, 1.82) is 0 Å². The molecule has 1 aliphatic rings. The quantitative estimate of drug-likeness (QED) is 0.770. The van der Waals surface area contributed by atoms with Crippen LogP contribution in [0.5, 0.6) is 0 Å². The van der Waals surface area contributed by atoms with Crippen LogP contribution < -0.4 is 4.87 Å². The van der Waals surface area contributed by atoms with Gasteiger partial charge in [0.1, 0.15) is 4.88 Å². The maximum atomic E-state index is 11.0. The van der Waals surface area contributed by atoms with E-state index in [-0.39, 0.29) is 15.9 Å². The number of thiazole rings is 1. The van der Waals surface area contributed by atoms with Gasteiger partial charge in [0.15, 0.2) is 0 Å². The van der Waals surface area contributed by atoms with Crippen LogP contribution in [0.3, 0.4) is 0 Å². The molecule has 1 fully saturated rings. The number of hydrogen-bond donors (Lipinski definition) is 2. The fourth-order valence-corrected chi connectivity index (χ4v) is 2.26. The first-order chi connectivity index (χ1) is 6.68. The molecule has 2 heterocycles. The van der Waals surface area contributed by atoms with Crippen molar-refractivity contribution in [3.8, 4) is 0 Å². The summed E-state index contributed by atoms with van der Waals surface area (Å²) in [7, 11) is 0. The molecule has 1 aromatic heterocycles. The molecule has 0 spiro atoms. The Hall–Kier alpha value is -1.14. The van der Waals surface area contributed by atoms with E-state index in [2.05, 4.69) is 4.98 Å². The zero-order chi connectivity index (χ0) is 10.1. The Labute approximate surface area is 83.3 Å². The van der Waals surface area contributed by atoms with Crippen molar-refractivity contribution in [3.05, 3.63) is 20.2 Å². The minimum atomic E-state index is -1.07. The van der Waals surface area contributed by atoms with Gasteiger partial charge in [-0.15, -0.1) is 0 Å². The number of aromatic amines is 1. The Balaban J connectivity index is 2.40. The fraction of sp³-hybridized carbons (Fsp3) is 0.500. The third kappa shape index (κ3) is 1.58. The monoisotopic (exact) mass is 215 g/mol. The summed E-state index contributed by atoms with van der Waals surface area (Å²) >= 11 is 0.719. The highest BCUT2D eigenvalue weighted by Crippen LogP contribution is 2.30. The van der Waals surface area contributed by atoms with Gasteiger partial charge in [-0.25, -0.2) is 4.79 Å². The molecule has 2 N–H and O–H groups in total. The highest BCUT2D eigenvalue weighted by atomic mass is 32.1. The van der Waals surface area contributed by atoms with E-state index in [1.54, 1.807) is 0 Å². The predicted molar refractivity (Wildman–Crippen MR) is 49.8 cm³/mol. The number of rotatable bonds is 2. The summed E-state index contributed by atoms with van der Waals surface area (Å²) in [4.78, 5) is 24.1. The maximum Gasteiger partial charge on any atom is 0.347 e. The first kappa shape index (κ1) is 9.42. The van der Waals surface area contributed by atoms with Crippen molar-refractivity contribution in [3.63, 3.8) is 0 Å². The van der Waals surface area contributed by atoms with Crippen molar-refractivity contribution in [2.45, 2.75) is 18.9 Å². The molecule has 2 rings (SSSR count). The van der Waals surface area contributed by atoms with Gasteiger partial charge in [0.25, 0.3) is 0 Å². The molecule has 1 aliphatic heterocycles. The SMILES string of the molecule is O=C(O)c1sc(=O)[nH]c1C1CCCO1. The molecule has 0 aromatic carbocycles. The van der Waals surface area contributed by atoms with Crippen LogP contribution in [0.4, 0.5) is 0 Å². The van der Waals surface area contributed by atoms with Gasteiger partial charge in [-0.05, 0) is 12.8 Å². The minimum Gasteiger partial charge on any atom is -0.477 e. The van der Waals surface area contributed by atoms with Gasteiger partial charge in [-0.3, -0.25) is 4.79 Å². The Bertz CT molecular complexity index is 402. The number of carboxylic acid groups (broad SMARTS) is 1. The predicted octanol–water partition coefficient (Wildman–Crippen LogP) is 0.986. The lowest BCUT2D eigenvalue weighted by molar-refractivity contribution is 0.0686. The van der Waals surface area contributed by atoms with Gasteiger partial charge in [-0.1, -0.05) is 11.3 Å². The standard InChI is InChI=1S/C8H9NO4S/c10-7(11)6-5(9-8(12)14-6)4-2-1-3-13-4/h4H,1-3H2,(H,9,12)(H,10,11). The fourth-order valence-electron chi connectivity index (χ4n) is 1.53. The topological polar surface area (TPSA) is 79.4 Å². The Morgan fingerprint density at radius 2 is 2.43 bits per heavy atom. The number of aromatic nitrogens is 1. The third-order valence-corrected chi connectivity index (χ3v) is 3.01. The average molecular weight is 215 g/mol. The van der Waals surface area contributed by atoms with Crippen LogP contribution in [-0.2, 0) is 4.74 Å². The second-order valence-electron chi connectivity index (χ2n) is 3.06. The van der Waals surface area contributed by atoms with Gasteiger partial charge in [0, 0.05) is 6.61 Å². The molecule has 1 atom stereocenters. The summed E-state index contributed by atoms with van der Waals surface area (Å²) in [5, 5.41) is 8.84. The molecule has 6 heteroatoms. The van der Waals surface area contributed by atoms with Crippen molar-refractivity contribution < 1.29 is 14.6 Å². The highest BCUT2D eigenvalue weighted by Gasteiger charge is 2.26. The molecule has 0 aliphatic carbocycles. The second kappa shape index (κ2) is 3.55. The third-order valence-electron chi connectivity index (χ3n) is 2.12. The van der Waals surface area contributed by atoms with E-state index in [1.807, 2.05) is 0 Å². The lowest BCUT2D eigenvalue weighted by atomic mass is 10.1. The van der Waals surface area contributed by atoms with Crippen molar-refractivity contribution in [2.75, 3.05) is 6.61 Å². The first-order valence-electron chi connectivity index (χ1n) is 4.26. The Morgan fingerprint density at radius 3 is 3.00 bits per heavy atom. The molecule has 0 saturated carbocycles. The van der Waals surface area contributed by atoms with Crippen LogP contribution in [0.1, 0.15) is 34.3 Å². The lowest BCUT2D eigenvalue weighted by Gasteiger charge is -2.06. The maximum absolute atomic E-state index is 11.0. The summed E-state index contributed by atoms with van der Waals surface area (Å²) in [6.45, 7) is 0.627. The number of nitrogens with one attached hydrogen (secondary N) is 1. The molecule has 76 valence electrons. The molecule has 0 radical (unpaired) electrons. The Kier molecular flexibility index (Phi) is 2.39. The molecule has 0 bridgehead atoms. The number of aromatic carboxylic acids is 1. The van der Waals surface area contributed by atoms with E-state index < -0.39 is 5.97 Å². The summed E-state index contributed by atoms with van der Waals surface area (Å²) in [5.41, 5.74) is 0.421. The molecular weight excluding hydrogens is 206 g/mol. The van der Waals surface area contributed by atoms with Gasteiger partial charge in [0.05, 0.1) is 11.8 Å². The number of ether oxygens (including phenoxy) is 1. The smallest absolute Gasteiger partial charge is 0.347 e. The van der Waals surface area contributed by atoms with E-state index in [1.165, 1.54) is 0 Å². The number of carbonyl (C=O) groups is 1. The largest absolute Gasteiger partial charge is 0.477 e. The Morgan fingerprint density at radius 1 is 1.64 bits per heavy atom. The lowest BCUT2D eigenvalue weighted by Crippen LogP contribution is -2.05. The van der Waals surface area contributed by atoms with Crippen LogP contribution in [0, 0.1) is 0 Å². The molecule has 1 aromatic rings. The highest BCUT2D eigenvalue weighted by molar-refractivity contribution is 7.11. The number of H-pyrrole nitrogens is 1. The van der Waals surface area contributed by atoms with Crippen LogP contribution >= 0.6 is 11.3 Å². The molecule has 14 heavy (non-hydrogen) atoms. The normalized spacial score (nSPS) is 21.3. The molecule has 1 unspecified atom stereocenters. The summed E-state index contributed by atoms with van der Waals surface area (Å²) in [5.74, 6) is -1.07. The van der Waals surface area contributed by atoms with Crippen molar-refractivity contribution in [2.24, 2.45) is 0 Å². The zero-order valence-corrected chi connectivity index (χ0v) is 8.10. The number of carboxylic acids is 1. The molecule has 5 nitrogen and oxygen atoms in total. The average Bonchev–Trinajstić information content (AvgIpc) is 2.70. The van der Waals surface area contributed by atoms with Crippen molar-refractivity contribution >= 4 is 17.3 Å². The zero-order valence-electron chi connectivity index (χ0n) is 7.28. The van der Waals surface area contributed by atoms with E-state index in [4.69, 9.17) is 9.84 Å². The summed E-state index contributed by atoms with van der Waals surface area (Å²) in [6, 6.07) is 0. The molecule has 1 saturated heterocycles. The first-order valence-corrected chi connectivity index (χ1v) is 5.08. The van der Waals surface area contributed by atoms with Gasteiger partial charge in [-0.2, -0.15) is 0 Å². The van der Waals surface area contributed by atoms with Crippen LogP contribution in [0.15, 0.2) is 4.79 Å². The summed E-state index contributed by atoms with van der Waals surface area (Å²) < 4.78 is 5.32. The second-order valence-corrected chi connectivity index (χ2v) is 4.05. The van der Waals surface area contributed by atoms with Crippen LogP contribution in [0.2, 0.25) is 0 Å². The molecule has 0 amide bonds. The van der Waals surface area contributed by atoms with E-state index in [0.29, 0.717) is 12.3 Å². The van der Waals surface area contributed by atoms with E-state index >= 15 is 0 Å². The van der Waals surface area contributed by atoms with Crippen molar-refractivity contribution in [1.82, 2.24) is 4.98 Å². The van der Waals surface area contributed by atoms with Crippen LogP contribution in [-0.4, -0.2) is 22.7 Å². The van der Waals surface area contributed by atoms with Gasteiger partial charge < -0.3 is 14.8 Å². The van der Waals surface area contributed by atoms with Gasteiger partial charge >= 0.3 is 10.8 Å². The van der Waals surface area contributed by atoms with Crippen LogP contribution in [0.25, 0.3) is 0 Å².